The smallest absolute Gasteiger partial charge is 0.314 e. The number of benzene rings is 2. The number of carboxylic acid groups (broad SMARTS) is 1. The number of nitriles is 1. The van der Waals surface area contributed by atoms with Gasteiger partial charge in [0.05, 0.1) is 11.6 Å². The quantitative estimate of drug-likeness (QED) is 0.930. The van der Waals surface area contributed by atoms with Crippen LogP contribution in [0.5, 0.6) is 0 Å². The predicted octanol–water partition coefficient (Wildman–Crippen LogP) is 3.49. The van der Waals surface area contributed by atoms with Gasteiger partial charge in [-0.3, -0.25) is 9.69 Å². The van der Waals surface area contributed by atoms with Gasteiger partial charge in [0, 0.05) is 19.6 Å². The number of likely N-dealkylation sites (tertiary alicyclic amines) is 1. The molecule has 4 nitrogen and oxygen atoms in total. The van der Waals surface area contributed by atoms with Crippen molar-refractivity contribution >= 4 is 16.7 Å². The third-order valence-corrected chi connectivity index (χ3v) is 5.94. The van der Waals surface area contributed by atoms with Gasteiger partial charge in [0.15, 0.2) is 0 Å². The Bertz CT molecular complexity index is 906. The van der Waals surface area contributed by atoms with E-state index >= 15 is 4.39 Å². The molecule has 0 unspecified atom stereocenters. The van der Waals surface area contributed by atoms with E-state index in [1.807, 2.05) is 35.2 Å². The molecule has 2 aliphatic rings. The molecule has 2 aromatic carbocycles. The number of carbonyl (C=O) groups is 1. The minimum absolute atomic E-state index is 0.160. The number of rotatable bonds is 3. The number of carboxylic acids is 1. The Hall–Kier alpha value is -2.45. The molecule has 1 aliphatic carbocycles. The lowest BCUT2D eigenvalue weighted by Gasteiger charge is -2.28. The van der Waals surface area contributed by atoms with E-state index in [9.17, 15) is 15.2 Å². The molecule has 0 bridgehead atoms. The monoisotopic (exact) mass is 338 g/mol. The molecule has 1 aliphatic heterocycles. The van der Waals surface area contributed by atoms with E-state index in [0.29, 0.717) is 31.4 Å². The predicted molar refractivity (Wildman–Crippen MR) is 91.7 cm³/mol. The minimum atomic E-state index is -1.64. The molecule has 0 radical (unpaired) electrons. The Kier molecular flexibility index (Phi) is 3.55. The second-order valence-electron chi connectivity index (χ2n) is 7.28. The van der Waals surface area contributed by atoms with Crippen LogP contribution in [0.4, 0.5) is 4.39 Å². The summed E-state index contributed by atoms with van der Waals surface area (Å²) >= 11 is 0. The molecule has 1 N–H and O–H groups in total. The molecule has 0 aromatic heterocycles. The summed E-state index contributed by atoms with van der Waals surface area (Å²) in [4.78, 5) is 13.7. The van der Waals surface area contributed by atoms with Crippen molar-refractivity contribution in [3.05, 3.63) is 47.5 Å². The highest BCUT2D eigenvalue weighted by Gasteiger charge is 2.65. The Balaban J connectivity index is 1.68. The highest BCUT2D eigenvalue weighted by Crippen LogP contribution is 2.54. The van der Waals surface area contributed by atoms with E-state index < -0.39 is 17.1 Å². The molecule has 2 aromatic rings. The summed E-state index contributed by atoms with van der Waals surface area (Å²) < 4.78 is 15.3. The molecule has 1 saturated carbocycles. The first-order chi connectivity index (χ1) is 12.0. The fraction of sp³-hybridized carbons (Fsp3) is 0.400. The van der Waals surface area contributed by atoms with Gasteiger partial charge >= 0.3 is 5.97 Å². The number of aliphatic carboxylic acids is 1. The lowest BCUT2D eigenvalue weighted by atomic mass is 9.78. The summed E-state index contributed by atoms with van der Waals surface area (Å²) in [6.07, 6.45) is 1.36. The van der Waals surface area contributed by atoms with Crippen LogP contribution >= 0.6 is 0 Å². The average molecular weight is 338 g/mol. The fourth-order valence-electron chi connectivity index (χ4n) is 4.69. The van der Waals surface area contributed by atoms with E-state index in [-0.39, 0.29) is 13.1 Å². The molecule has 4 rings (SSSR count). The van der Waals surface area contributed by atoms with Crippen LogP contribution in [0.3, 0.4) is 0 Å². The summed E-state index contributed by atoms with van der Waals surface area (Å²) in [5.74, 6) is -1.01. The van der Waals surface area contributed by atoms with Gasteiger partial charge in [0.25, 0.3) is 0 Å². The van der Waals surface area contributed by atoms with Crippen molar-refractivity contribution in [3.63, 3.8) is 0 Å². The zero-order valence-electron chi connectivity index (χ0n) is 13.8. The summed E-state index contributed by atoms with van der Waals surface area (Å²) in [6.45, 7) is 0.897. The van der Waals surface area contributed by atoms with Gasteiger partial charge < -0.3 is 5.11 Å². The van der Waals surface area contributed by atoms with Crippen molar-refractivity contribution in [1.82, 2.24) is 4.90 Å². The summed E-state index contributed by atoms with van der Waals surface area (Å²) in [6, 6.07) is 13.6. The average Bonchev–Trinajstić information content (AvgIpc) is 3.05. The number of fused-ring (bicyclic) bond motifs is 2. The van der Waals surface area contributed by atoms with Crippen LogP contribution in [-0.4, -0.2) is 34.7 Å². The van der Waals surface area contributed by atoms with Crippen LogP contribution in [0.2, 0.25) is 0 Å². The van der Waals surface area contributed by atoms with Crippen LogP contribution in [0, 0.1) is 16.7 Å². The second-order valence-corrected chi connectivity index (χ2v) is 7.28. The highest BCUT2D eigenvalue weighted by molar-refractivity contribution is 5.90. The zero-order chi connectivity index (χ0) is 17.7. The largest absolute Gasteiger partial charge is 0.481 e. The van der Waals surface area contributed by atoms with Gasteiger partial charge in [0.1, 0.15) is 11.1 Å². The normalized spacial score (nSPS) is 28.8. The number of halogens is 1. The molecule has 1 heterocycles. The van der Waals surface area contributed by atoms with Crippen molar-refractivity contribution in [2.24, 2.45) is 5.41 Å². The van der Waals surface area contributed by atoms with Gasteiger partial charge in [-0.05, 0) is 41.7 Å². The molecule has 0 amide bonds. The molecular formula is C20H19FN2O2. The summed E-state index contributed by atoms with van der Waals surface area (Å²) in [5.41, 5.74) is -1.29. The van der Waals surface area contributed by atoms with Gasteiger partial charge in [-0.1, -0.05) is 30.3 Å². The standard InChI is InChI=1S/C20H19FN2O2/c21-20-9-3-8-19(20,18(24)25)12-23(13-20)11-15-7-6-14(10-22)16-4-1-2-5-17(15)16/h1-2,4-7H,3,8-9,11-13H2,(H,24,25)/t19-,20-/m1/s1. The van der Waals surface area contributed by atoms with E-state index in [1.165, 1.54) is 0 Å². The van der Waals surface area contributed by atoms with Crippen LogP contribution < -0.4 is 0 Å². The van der Waals surface area contributed by atoms with E-state index in [4.69, 9.17) is 0 Å². The number of nitrogens with zero attached hydrogens (tertiary/aromatic N) is 2. The van der Waals surface area contributed by atoms with Crippen LogP contribution in [0.25, 0.3) is 10.8 Å². The van der Waals surface area contributed by atoms with Crippen molar-refractivity contribution < 1.29 is 14.3 Å². The zero-order valence-corrected chi connectivity index (χ0v) is 13.8. The first-order valence-corrected chi connectivity index (χ1v) is 8.54. The Morgan fingerprint density at radius 1 is 1.20 bits per heavy atom. The van der Waals surface area contributed by atoms with Gasteiger partial charge in [-0.2, -0.15) is 5.26 Å². The van der Waals surface area contributed by atoms with Crippen molar-refractivity contribution in [2.45, 2.75) is 31.5 Å². The van der Waals surface area contributed by atoms with E-state index in [2.05, 4.69) is 6.07 Å². The van der Waals surface area contributed by atoms with Crippen molar-refractivity contribution in [3.8, 4) is 6.07 Å². The van der Waals surface area contributed by atoms with Gasteiger partial charge in [-0.15, -0.1) is 0 Å². The maximum atomic E-state index is 15.3. The molecule has 2 atom stereocenters. The molecular weight excluding hydrogens is 319 g/mol. The molecule has 5 heteroatoms. The van der Waals surface area contributed by atoms with Crippen molar-refractivity contribution in [1.29, 1.82) is 5.26 Å². The molecule has 0 spiro atoms. The third-order valence-electron chi connectivity index (χ3n) is 5.94. The number of alkyl halides is 1. The van der Waals surface area contributed by atoms with E-state index in [1.54, 1.807) is 6.07 Å². The van der Waals surface area contributed by atoms with Gasteiger partial charge in [-0.25, -0.2) is 4.39 Å². The summed E-state index contributed by atoms with van der Waals surface area (Å²) in [7, 11) is 0. The van der Waals surface area contributed by atoms with Crippen LogP contribution in [0.15, 0.2) is 36.4 Å². The lowest BCUT2D eigenvalue weighted by Crippen LogP contribution is -2.45. The molecule has 1 saturated heterocycles. The topological polar surface area (TPSA) is 64.3 Å². The number of hydrogen-bond donors (Lipinski definition) is 1. The van der Waals surface area contributed by atoms with E-state index in [0.717, 1.165) is 16.3 Å². The SMILES string of the molecule is N#Cc1ccc(CN2C[C@]3(F)CCC[C@]3(C(=O)O)C2)c2ccccc12. The summed E-state index contributed by atoms with van der Waals surface area (Å²) in [5, 5.41) is 20.8. The fourth-order valence-corrected chi connectivity index (χ4v) is 4.69. The van der Waals surface area contributed by atoms with Crippen LogP contribution in [0.1, 0.15) is 30.4 Å². The molecule has 2 fully saturated rings. The highest BCUT2D eigenvalue weighted by atomic mass is 19.1. The van der Waals surface area contributed by atoms with Crippen LogP contribution in [-0.2, 0) is 11.3 Å². The number of hydrogen-bond acceptors (Lipinski definition) is 3. The van der Waals surface area contributed by atoms with Gasteiger partial charge in [0.2, 0.25) is 0 Å². The molecule has 25 heavy (non-hydrogen) atoms. The lowest BCUT2D eigenvalue weighted by molar-refractivity contribution is -0.153. The second kappa shape index (κ2) is 5.53. The maximum Gasteiger partial charge on any atom is 0.314 e. The molecule has 128 valence electrons. The maximum absolute atomic E-state index is 15.3. The minimum Gasteiger partial charge on any atom is -0.481 e. The van der Waals surface area contributed by atoms with Crippen molar-refractivity contribution in [2.75, 3.05) is 13.1 Å². The first kappa shape index (κ1) is 16.0. The third kappa shape index (κ3) is 2.25. The first-order valence-electron chi connectivity index (χ1n) is 8.54. The Morgan fingerprint density at radius 3 is 2.64 bits per heavy atom. The Labute approximate surface area is 145 Å². The Morgan fingerprint density at radius 2 is 1.96 bits per heavy atom.